The molecule has 0 fully saturated rings. The van der Waals surface area contributed by atoms with Gasteiger partial charge in [0.15, 0.2) is 0 Å². The molecule has 5 rings (SSSR count). The summed E-state index contributed by atoms with van der Waals surface area (Å²) >= 11 is 0. The van der Waals surface area contributed by atoms with E-state index >= 15 is 0 Å². The minimum Gasteiger partial charge on any atom is -0.339 e. The van der Waals surface area contributed by atoms with Crippen LogP contribution < -0.4 is 11.0 Å². The normalized spacial score (nSPS) is 12.7. The summed E-state index contributed by atoms with van der Waals surface area (Å²) < 4.78 is 7.03. The summed E-state index contributed by atoms with van der Waals surface area (Å²) in [6, 6.07) is 13.6. The van der Waals surface area contributed by atoms with Gasteiger partial charge in [-0.3, -0.25) is 9.36 Å². The van der Waals surface area contributed by atoms with E-state index in [1.807, 2.05) is 43.3 Å². The maximum absolute atomic E-state index is 12.0. The summed E-state index contributed by atoms with van der Waals surface area (Å²) in [6.45, 7) is 1.87. The zero-order valence-corrected chi connectivity index (χ0v) is 17.0. The van der Waals surface area contributed by atoms with Crippen LogP contribution in [0.5, 0.6) is 0 Å². The number of amides is 1. The maximum Gasteiger partial charge on any atom is 0.330 e. The SMILES string of the molecule is Cc1c[nH]c(=O)n1-c1cccc(-c2noc(CCCc3ccc4c(c3)CC(=O)N4)n2)c1. The molecule has 1 aliphatic heterocycles. The predicted octanol–water partition coefficient (Wildman–Crippen LogP) is 3.19. The summed E-state index contributed by atoms with van der Waals surface area (Å²) in [5.74, 6) is 1.12. The van der Waals surface area contributed by atoms with Crippen molar-refractivity contribution in [1.82, 2.24) is 19.7 Å². The monoisotopic (exact) mass is 415 g/mol. The molecule has 1 amide bonds. The zero-order chi connectivity index (χ0) is 21.4. The van der Waals surface area contributed by atoms with Gasteiger partial charge in [0, 0.05) is 29.6 Å². The predicted molar refractivity (Wildman–Crippen MR) is 115 cm³/mol. The van der Waals surface area contributed by atoms with E-state index in [0.29, 0.717) is 24.6 Å². The molecule has 8 heteroatoms. The van der Waals surface area contributed by atoms with Crippen molar-refractivity contribution in [3.8, 4) is 17.1 Å². The number of benzene rings is 2. The first-order valence-corrected chi connectivity index (χ1v) is 10.2. The van der Waals surface area contributed by atoms with Crippen LogP contribution in [0.2, 0.25) is 0 Å². The Morgan fingerprint density at radius 2 is 2.03 bits per heavy atom. The summed E-state index contributed by atoms with van der Waals surface area (Å²) in [6.07, 6.45) is 4.52. The Kier molecular flexibility index (Phi) is 4.74. The second-order valence-corrected chi connectivity index (χ2v) is 7.70. The molecule has 0 aliphatic carbocycles. The molecule has 0 saturated heterocycles. The van der Waals surface area contributed by atoms with Crippen LogP contribution >= 0.6 is 0 Å². The molecule has 3 heterocycles. The number of nitrogens with zero attached hydrogens (tertiary/aromatic N) is 3. The van der Waals surface area contributed by atoms with Crippen molar-refractivity contribution in [2.24, 2.45) is 0 Å². The van der Waals surface area contributed by atoms with E-state index in [1.165, 1.54) is 5.56 Å². The number of hydrogen-bond acceptors (Lipinski definition) is 5. The van der Waals surface area contributed by atoms with Crippen molar-refractivity contribution >= 4 is 11.6 Å². The number of fused-ring (bicyclic) bond motifs is 1. The minimum absolute atomic E-state index is 0.0474. The van der Waals surface area contributed by atoms with Crippen LogP contribution in [0.25, 0.3) is 17.1 Å². The highest BCUT2D eigenvalue weighted by molar-refractivity contribution is 5.99. The summed E-state index contributed by atoms with van der Waals surface area (Å²) in [4.78, 5) is 30.7. The maximum atomic E-state index is 12.0. The minimum atomic E-state index is -0.185. The van der Waals surface area contributed by atoms with Crippen LogP contribution in [-0.4, -0.2) is 25.6 Å². The Morgan fingerprint density at radius 3 is 2.87 bits per heavy atom. The van der Waals surface area contributed by atoms with Gasteiger partial charge in [0.1, 0.15) is 0 Å². The Balaban J connectivity index is 1.26. The number of hydrogen-bond donors (Lipinski definition) is 2. The van der Waals surface area contributed by atoms with E-state index in [0.717, 1.165) is 41.0 Å². The number of nitrogens with one attached hydrogen (secondary N) is 2. The van der Waals surface area contributed by atoms with Crippen molar-refractivity contribution in [1.29, 1.82) is 0 Å². The molecule has 2 aromatic heterocycles. The number of aromatic amines is 1. The molecule has 1 aliphatic rings. The number of carbonyl (C=O) groups is 1. The van der Waals surface area contributed by atoms with Crippen LogP contribution in [-0.2, 0) is 24.1 Å². The summed E-state index contributed by atoms with van der Waals surface area (Å²) in [5.41, 5.74) is 5.33. The summed E-state index contributed by atoms with van der Waals surface area (Å²) in [5, 5.41) is 6.96. The van der Waals surface area contributed by atoms with Crippen molar-refractivity contribution in [2.75, 3.05) is 5.32 Å². The molecule has 0 saturated carbocycles. The molecule has 2 aromatic carbocycles. The molecule has 0 bridgehead atoms. The fourth-order valence-corrected chi connectivity index (χ4v) is 3.92. The number of imidazole rings is 1. The zero-order valence-electron chi connectivity index (χ0n) is 17.0. The van der Waals surface area contributed by atoms with Gasteiger partial charge < -0.3 is 14.8 Å². The Bertz CT molecular complexity index is 1330. The third-order valence-corrected chi connectivity index (χ3v) is 5.44. The van der Waals surface area contributed by atoms with Crippen molar-refractivity contribution in [3.05, 3.63) is 81.9 Å². The van der Waals surface area contributed by atoms with Crippen molar-refractivity contribution < 1.29 is 9.32 Å². The van der Waals surface area contributed by atoms with Gasteiger partial charge in [-0.25, -0.2) is 4.79 Å². The number of carbonyl (C=O) groups excluding carboxylic acids is 1. The highest BCUT2D eigenvalue weighted by Gasteiger charge is 2.17. The number of aryl methyl sites for hydroxylation is 3. The second-order valence-electron chi connectivity index (χ2n) is 7.70. The first-order chi connectivity index (χ1) is 15.1. The molecule has 0 atom stereocenters. The van der Waals surface area contributed by atoms with Gasteiger partial charge >= 0.3 is 5.69 Å². The molecule has 31 heavy (non-hydrogen) atoms. The Morgan fingerprint density at radius 1 is 1.13 bits per heavy atom. The molecule has 0 radical (unpaired) electrons. The van der Waals surface area contributed by atoms with E-state index in [-0.39, 0.29) is 11.6 Å². The fraction of sp³-hybridized carbons (Fsp3) is 0.217. The van der Waals surface area contributed by atoms with E-state index < -0.39 is 0 Å². The smallest absolute Gasteiger partial charge is 0.330 e. The van der Waals surface area contributed by atoms with Crippen LogP contribution in [0.3, 0.4) is 0 Å². The van der Waals surface area contributed by atoms with E-state index in [9.17, 15) is 9.59 Å². The van der Waals surface area contributed by atoms with Gasteiger partial charge in [0.25, 0.3) is 0 Å². The Labute approximate surface area is 177 Å². The van der Waals surface area contributed by atoms with E-state index in [1.54, 1.807) is 10.8 Å². The van der Waals surface area contributed by atoms with Gasteiger partial charge in [0.05, 0.1) is 12.1 Å². The van der Waals surface area contributed by atoms with E-state index in [2.05, 4.69) is 26.5 Å². The molecule has 4 aromatic rings. The third-order valence-electron chi connectivity index (χ3n) is 5.44. The first-order valence-electron chi connectivity index (χ1n) is 10.2. The lowest BCUT2D eigenvalue weighted by atomic mass is 10.0. The number of anilines is 1. The molecule has 0 spiro atoms. The van der Waals surface area contributed by atoms with Crippen molar-refractivity contribution in [3.63, 3.8) is 0 Å². The quantitative estimate of drug-likeness (QED) is 0.503. The molecule has 8 nitrogen and oxygen atoms in total. The first kappa shape index (κ1) is 19.0. The number of H-pyrrole nitrogens is 1. The average molecular weight is 415 g/mol. The number of rotatable bonds is 6. The molecular weight excluding hydrogens is 394 g/mol. The highest BCUT2D eigenvalue weighted by Crippen LogP contribution is 2.25. The van der Waals surface area contributed by atoms with E-state index in [4.69, 9.17) is 4.52 Å². The van der Waals surface area contributed by atoms with Crippen molar-refractivity contribution in [2.45, 2.75) is 32.6 Å². The largest absolute Gasteiger partial charge is 0.339 e. The Hall–Kier alpha value is -3.94. The topological polar surface area (TPSA) is 106 Å². The lowest BCUT2D eigenvalue weighted by Gasteiger charge is -2.05. The summed E-state index contributed by atoms with van der Waals surface area (Å²) in [7, 11) is 0. The lowest BCUT2D eigenvalue weighted by molar-refractivity contribution is -0.115. The third kappa shape index (κ3) is 3.79. The van der Waals surface area contributed by atoms with Crippen LogP contribution in [0, 0.1) is 6.92 Å². The van der Waals surface area contributed by atoms with Crippen LogP contribution in [0.15, 0.2) is 58.0 Å². The highest BCUT2D eigenvalue weighted by atomic mass is 16.5. The average Bonchev–Trinajstić information content (AvgIpc) is 3.46. The molecule has 156 valence electrons. The van der Waals surface area contributed by atoms with Crippen LogP contribution in [0.4, 0.5) is 5.69 Å². The molecule has 2 N–H and O–H groups in total. The molecule has 0 unspecified atom stereocenters. The van der Waals surface area contributed by atoms with Gasteiger partial charge in [-0.1, -0.05) is 29.4 Å². The lowest BCUT2D eigenvalue weighted by Crippen LogP contribution is -2.15. The standard InChI is InChI=1S/C23H21N5O3/c1-14-13-24-23(30)28(14)18-6-3-5-16(11-18)22-26-21(31-27-22)7-2-4-15-8-9-19-17(10-15)12-20(29)25-19/h3,5-6,8-11,13H,2,4,7,12H2,1H3,(H,24,30)(H,25,29). The van der Waals surface area contributed by atoms with Gasteiger partial charge in [-0.15, -0.1) is 0 Å². The van der Waals surface area contributed by atoms with Crippen LogP contribution in [0.1, 0.15) is 29.1 Å². The number of aromatic nitrogens is 4. The van der Waals surface area contributed by atoms with Gasteiger partial charge in [-0.05, 0) is 49.1 Å². The fourth-order valence-electron chi connectivity index (χ4n) is 3.92. The second kappa shape index (κ2) is 7.71. The van der Waals surface area contributed by atoms with Gasteiger partial charge in [0.2, 0.25) is 17.6 Å². The molecular formula is C23H21N5O3. The van der Waals surface area contributed by atoms with Gasteiger partial charge in [-0.2, -0.15) is 4.98 Å².